The lowest BCUT2D eigenvalue weighted by Gasteiger charge is -2.29. The minimum absolute atomic E-state index is 0.0832. The number of fused-ring (bicyclic) bond motifs is 4. The van der Waals surface area contributed by atoms with Gasteiger partial charge in [0.15, 0.2) is 11.5 Å². The molecule has 7 nitrogen and oxygen atoms in total. The third-order valence-electron chi connectivity index (χ3n) is 5.88. The standard InChI is InChI=1S/C25H23N3O4/c1-30-19-10-8-16(13-20(19)31-2)21-18-9-7-15-5-3-4-6-17(15)23(18)32-25-22(21)24(26)28(11-12-29)14-27-25/h3-10,13-14,21,26,29H,11-12H2,1-2H3/t21-/m0/s1. The molecule has 0 radical (unpaired) electrons. The van der Waals surface area contributed by atoms with E-state index in [4.69, 9.17) is 19.6 Å². The van der Waals surface area contributed by atoms with Crippen LogP contribution in [0.3, 0.4) is 0 Å². The number of nitrogens with one attached hydrogen (secondary N) is 1. The monoisotopic (exact) mass is 429 g/mol. The van der Waals surface area contributed by atoms with E-state index in [0.717, 1.165) is 27.6 Å². The van der Waals surface area contributed by atoms with Crippen LogP contribution in [-0.4, -0.2) is 35.5 Å². The molecule has 0 saturated heterocycles. The number of methoxy groups -OCH3 is 2. The van der Waals surface area contributed by atoms with E-state index >= 15 is 0 Å². The molecular formula is C25H23N3O4. The molecule has 162 valence electrons. The Morgan fingerprint density at radius 2 is 1.88 bits per heavy atom. The first-order valence-electron chi connectivity index (χ1n) is 10.3. The van der Waals surface area contributed by atoms with Crippen molar-refractivity contribution in [1.29, 1.82) is 5.41 Å². The maximum atomic E-state index is 9.44. The summed E-state index contributed by atoms with van der Waals surface area (Å²) >= 11 is 0. The van der Waals surface area contributed by atoms with Crippen LogP contribution in [0.5, 0.6) is 23.1 Å². The Kier molecular flexibility index (Phi) is 5.03. The molecule has 2 heterocycles. The summed E-state index contributed by atoms with van der Waals surface area (Å²) in [5, 5.41) is 20.4. The van der Waals surface area contributed by atoms with Gasteiger partial charge in [-0.05, 0) is 23.1 Å². The second kappa shape index (κ2) is 8.01. The third-order valence-corrected chi connectivity index (χ3v) is 5.88. The van der Waals surface area contributed by atoms with Gasteiger partial charge in [0.2, 0.25) is 5.88 Å². The van der Waals surface area contributed by atoms with Gasteiger partial charge < -0.3 is 23.9 Å². The highest BCUT2D eigenvalue weighted by Gasteiger charge is 2.33. The van der Waals surface area contributed by atoms with Gasteiger partial charge >= 0.3 is 0 Å². The maximum Gasteiger partial charge on any atom is 0.228 e. The summed E-state index contributed by atoms with van der Waals surface area (Å²) in [6.45, 7) is 0.197. The Hall–Kier alpha value is -3.84. The fraction of sp³-hybridized carbons (Fsp3) is 0.200. The summed E-state index contributed by atoms with van der Waals surface area (Å²) < 4.78 is 18.9. The molecule has 3 aromatic carbocycles. The van der Waals surface area contributed by atoms with Crippen molar-refractivity contribution in [2.24, 2.45) is 0 Å². The molecule has 0 fully saturated rings. The summed E-state index contributed by atoms with van der Waals surface area (Å²) in [4.78, 5) is 4.51. The van der Waals surface area contributed by atoms with Crippen molar-refractivity contribution >= 4 is 10.8 Å². The van der Waals surface area contributed by atoms with E-state index in [2.05, 4.69) is 11.1 Å². The molecule has 4 aromatic rings. The van der Waals surface area contributed by atoms with E-state index < -0.39 is 0 Å². The van der Waals surface area contributed by atoms with Gasteiger partial charge in [0, 0.05) is 23.4 Å². The maximum absolute atomic E-state index is 9.44. The minimum atomic E-state index is -0.302. The van der Waals surface area contributed by atoms with Crippen molar-refractivity contribution in [1.82, 2.24) is 9.55 Å². The number of nitrogens with zero attached hydrogens (tertiary/aromatic N) is 2. The SMILES string of the molecule is COc1ccc([C@H]2c3ccc4ccccc4c3Oc3ncn(CCO)c(=N)c32)cc1OC. The zero-order valence-electron chi connectivity index (χ0n) is 17.8. The molecular weight excluding hydrogens is 406 g/mol. The van der Waals surface area contributed by atoms with E-state index in [-0.39, 0.29) is 24.6 Å². The average molecular weight is 429 g/mol. The van der Waals surface area contributed by atoms with Gasteiger partial charge in [0.25, 0.3) is 0 Å². The van der Waals surface area contributed by atoms with E-state index in [0.29, 0.717) is 22.9 Å². The summed E-state index contributed by atoms with van der Waals surface area (Å²) in [5.74, 6) is 2.08. The van der Waals surface area contributed by atoms with Crippen LogP contribution in [0.1, 0.15) is 22.6 Å². The fourth-order valence-electron chi connectivity index (χ4n) is 4.36. The molecule has 1 aliphatic heterocycles. The Balaban J connectivity index is 1.81. The molecule has 0 spiro atoms. The zero-order chi connectivity index (χ0) is 22.2. The highest BCUT2D eigenvalue weighted by Crippen LogP contribution is 2.48. The quantitative estimate of drug-likeness (QED) is 0.443. The van der Waals surface area contributed by atoms with Gasteiger partial charge in [-0.15, -0.1) is 0 Å². The third kappa shape index (κ3) is 3.09. The van der Waals surface area contributed by atoms with Crippen molar-refractivity contribution in [2.45, 2.75) is 12.5 Å². The lowest BCUT2D eigenvalue weighted by molar-refractivity contribution is 0.271. The van der Waals surface area contributed by atoms with Crippen LogP contribution in [0.15, 0.2) is 60.9 Å². The lowest BCUT2D eigenvalue weighted by atomic mass is 9.82. The number of rotatable bonds is 5. The highest BCUT2D eigenvalue weighted by atomic mass is 16.5. The second-order valence-electron chi connectivity index (χ2n) is 7.58. The van der Waals surface area contributed by atoms with Crippen molar-refractivity contribution in [3.05, 3.63) is 83.1 Å². The van der Waals surface area contributed by atoms with Gasteiger partial charge in [-0.2, -0.15) is 0 Å². The number of hydrogen-bond acceptors (Lipinski definition) is 6. The number of aliphatic hydroxyl groups excluding tert-OH is 1. The van der Waals surface area contributed by atoms with Crippen molar-refractivity contribution < 1.29 is 19.3 Å². The van der Waals surface area contributed by atoms with Gasteiger partial charge in [0.05, 0.1) is 26.4 Å². The molecule has 0 aliphatic carbocycles. The van der Waals surface area contributed by atoms with Crippen LogP contribution in [0, 0.1) is 5.41 Å². The molecule has 0 bridgehead atoms. The van der Waals surface area contributed by atoms with E-state index in [1.165, 1.54) is 0 Å². The van der Waals surface area contributed by atoms with Gasteiger partial charge in [-0.1, -0.05) is 42.5 Å². The molecule has 0 saturated carbocycles. The number of aliphatic hydroxyl groups is 1. The van der Waals surface area contributed by atoms with Crippen molar-refractivity contribution in [3.63, 3.8) is 0 Å². The Bertz CT molecular complexity index is 1380. The summed E-state index contributed by atoms with van der Waals surface area (Å²) in [6.07, 6.45) is 1.54. The van der Waals surface area contributed by atoms with Gasteiger partial charge in [-0.3, -0.25) is 5.41 Å². The Morgan fingerprint density at radius 1 is 1.06 bits per heavy atom. The molecule has 5 rings (SSSR count). The number of benzene rings is 3. The van der Waals surface area contributed by atoms with Crippen LogP contribution in [-0.2, 0) is 6.54 Å². The van der Waals surface area contributed by atoms with Crippen molar-refractivity contribution in [2.75, 3.05) is 20.8 Å². The van der Waals surface area contributed by atoms with Crippen molar-refractivity contribution in [3.8, 4) is 23.1 Å². The molecule has 7 heteroatoms. The number of ether oxygens (including phenoxy) is 3. The van der Waals surface area contributed by atoms with Crippen LogP contribution >= 0.6 is 0 Å². The van der Waals surface area contributed by atoms with E-state index in [9.17, 15) is 5.11 Å². The highest BCUT2D eigenvalue weighted by molar-refractivity contribution is 5.91. The van der Waals surface area contributed by atoms with Crippen LogP contribution < -0.4 is 19.7 Å². The fourth-order valence-corrected chi connectivity index (χ4v) is 4.36. The summed E-state index contributed by atoms with van der Waals surface area (Å²) in [6, 6.07) is 17.9. The largest absolute Gasteiger partial charge is 0.493 e. The first-order chi connectivity index (χ1) is 15.7. The van der Waals surface area contributed by atoms with Crippen LogP contribution in [0.4, 0.5) is 0 Å². The minimum Gasteiger partial charge on any atom is -0.493 e. The normalized spacial score (nSPS) is 14.4. The number of aromatic nitrogens is 2. The molecule has 2 N–H and O–H groups in total. The second-order valence-corrected chi connectivity index (χ2v) is 7.58. The van der Waals surface area contributed by atoms with Gasteiger partial charge in [-0.25, -0.2) is 4.98 Å². The average Bonchev–Trinajstić information content (AvgIpc) is 2.84. The molecule has 1 atom stereocenters. The molecule has 1 aromatic heterocycles. The smallest absolute Gasteiger partial charge is 0.228 e. The topological polar surface area (TPSA) is 89.6 Å². The Labute approximate surface area is 185 Å². The Morgan fingerprint density at radius 3 is 2.66 bits per heavy atom. The van der Waals surface area contributed by atoms with E-state index in [1.807, 2.05) is 48.5 Å². The molecule has 32 heavy (non-hydrogen) atoms. The van der Waals surface area contributed by atoms with Crippen LogP contribution in [0.25, 0.3) is 10.8 Å². The first kappa shape index (κ1) is 20.1. The predicted octanol–water partition coefficient (Wildman–Crippen LogP) is 3.81. The molecule has 0 unspecified atom stereocenters. The van der Waals surface area contributed by atoms with Gasteiger partial charge in [0.1, 0.15) is 17.6 Å². The predicted molar refractivity (Wildman–Crippen MR) is 120 cm³/mol. The zero-order valence-corrected chi connectivity index (χ0v) is 17.8. The first-order valence-corrected chi connectivity index (χ1v) is 10.3. The summed E-state index contributed by atoms with van der Waals surface area (Å²) in [7, 11) is 3.21. The lowest BCUT2D eigenvalue weighted by Crippen LogP contribution is -2.30. The van der Waals surface area contributed by atoms with Crippen LogP contribution in [0.2, 0.25) is 0 Å². The number of hydrogen-bond donors (Lipinski definition) is 2. The molecule has 1 aliphatic rings. The summed E-state index contributed by atoms with van der Waals surface area (Å²) in [5.41, 5.74) is 2.78. The van der Waals surface area contributed by atoms with E-state index in [1.54, 1.807) is 25.1 Å². The molecule has 0 amide bonds.